The smallest absolute Gasteiger partial charge is 0.160 e. The molecule has 2 N–H and O–H groups in total. The average molecular weight is 278 g/mol. The molecule has 2 nitrogen and oxygen atoms in total. The van der Waals surface area contributed by atoms with Crippen LogP contribution in [0.4, 0.5) is 0 Å². The minimum absolute atomic E-state index is 0.00502. The Bertz CT molecular complexity index is 360. The number of aryl methyl sites for hydroxylation is 1. The van der Waals surface area contributed by atoms with Gasteiger partial charge >= 0.3 is 0 Å². The summed E-state index contributed by atoms with van der Waals surface area (Å²) in [6.45, 7) is 2.25. The van der Waals surface area contributed by atoms with Gasteiger partial charge in [0.2, 0.25) is 0 Å². The van der Waals surface area contributed by atoms with Crippen LogP contribution in [0.5, 0.6) is 11.5 Å². The average Bonchev–Trinajstić information content (AvgIpc) is 2.45. The van der Waals surface area contributed by atoms with Crippen LogP contribution in [0.2, 0.25) is 0 Å². The Morgan fingerprint density at radius 3 is 1.90 bits per heavy atom. The zero-order chi connectivity index (χ0) is 14.6. The summed E-state index contributed by atoms with van der Waals surface area (Å²) in [6, 6.07) is 5.21. The van der Waals surface area contributed by atoms with Gasteiger partial charge in [-0.2, -0.15) is 0 Å². The van der Waals surface area contributed by atoms with Crippen LogP contribution in [0.1, 0.15) is 76.7 Å². The highest BCUT2D eigenvalue weighted by Gasteiger charge is 2.04. The molecule has 0 fully saturated rings. The lowest BCUT2D eigenvalue weighted by molar-refractivity contribution is 0.398. The highest BCUT2D eigenvalue weighted by atomic mass is 16.3. The second kappa shape index (κ2) is 10.6. The Morgan fingerprint density at radius 2 is 1.30 bits per heavy atom. The quantitative estimate of drug-likeness (QED) is 0.411. The molecule has 0 radical (unpaired) electrons. The first-order valence-corrected chi connectivity index (χ1v) is 8.25. The summed E-state index contributed by atoms with van der Waals surface area (Å²) in [4.78, 5) is 0. The monoisotopic (exact) mass is 278 g/mol. The lowest BCUT2D eigenvalue weighted by Gasteiger charge is -2.06. The van der Waals surface area contributed by atoms with Gasteiger partial charge in [0, 0.05) is 0 Å². The van der Waals surface area contributed by atoms with Gasteiger partial charge < -0.3 is 10.2 Å². The topological polar surface area (TPSA) is 40.5 Å². The van der Waals surface area contributed by atoms with E-state index in [9.17, 15) is 10.2 Å². The third-order valence-corrected chi connectivity index (χ3v) is 3.90. The molecule has 1 aromatic carbocycles. The number of aromatic hydroxyl groups is 2. The molecule has 0 saturated heterocycles. The third kappa shape index (κ3) is 6.83. The lowest BCUT2D eigenvalue weighted by Crippen LogP contribution is -1.88. The highest BCUT2D eigenvalue weighted by Crippen LogP contribution is 2.29. The van der Waals surface area contributed by atoms with E-state index in [2.05, 4.69) is 6.92 Å². The van der Waals surface area contributed by atoms with Gasteiger partial charge in [-0.05, 0) is 24.5 Å². The molecule has 2 heteroatoms. The fourth-order valence-electron chi connectivity index (χ4n) is 2.58. The SMILES string of the molecule is CCCCCCCCCCCCc1cccc(O)c1O. The molecule has 0 aliphatic carbocycles. The molecule has 114 valence electrons. The van der Waals surface area contributed by atoms with Crippen molar-refractivity contribution in [2.75, 3.05) is 0 Å². The Hall–Kier alpha value is -1.18. The highest BCUT2D eigenvalue weighted by molar-refractivity contribution is 5.44. The minimum Gasteiger partial charge on any atom is -0.504 e. The Kier molecular flexibility index (Phi) is 8.93. The normalized spacial score (nSPS) is 10.8. The van der Waals surface area contributed by atoms with E-state index in [-0.39, 0.29) is 11.5 Å². The maximum Gasteiger partial charge on any atom is 0.160 e. The van der Waals surface area contributed by atoms with Crippen molar-refractivity contribution < 1.29 is 10.2 Å². The lowest BCUT2D eigenvalue weighted by atomic mass is 10.0. The molecule has 0 aliphatic rings. The number of benzene rings is 1. The van der Waals surface area contributed by atoms with Gasteiger partial charge in [0.25, 0.3) is 0 Å². The largest absolute Gasteiger partial charge is 0.504 e. The molecule has 0 aromatic heterocycles. The molecule has 0 bridgehead atoms. The molecule has 0 unspecified atom stereocenters. The standard InChI is InChI=1S/C18H30O2/c1-2-3-4-5-6-7-8-9-10-11-13-16-14-12-15-17(19)18(16)20/h12,14-15,19-20H,2-11,13H2,1H3. The third-order valence-electron chi connectivity index (χ3n) is 3.90. The van der Waals surface area contributed by atoms with Gasteiger partial charge in [0.1, 0.15) is 0 Å². The summed E-state index contributed by atoms with van der Waals surface area (Å²) in [5.74, 6) is 0.0537. The van der Waals surface area contributed by atoms with Crippen molar-refractivity contribution >= 4 is 0 Å². The van der Waals surface area contributed by atoms with Gasteiger partial charge in [-0.25, -0.2) is 0 Å². The molecular weight excluding hydrogens is 248 g/mol. The second-order valence-corrected chi connectivity index (χ2v) is 5.72. The van der Waals surface area contributed by atoms with Crippen molar-refractivity contribution in [3.63, 3.8) is 0 Å². The number of phenolic OH excluding ortho intramolecular Hbond substituents is 2. The van der Waals surface area contributed by atoms with Crippen LogP contribution in [0.25, 0.3) is 0 Å². The number of hydrogen-bond acceptors (Lipinski definition) is 2. The number of rotatable bonds is 11. The number of unbranched alkanes of at least 4 members (excludes halogenated alkanes) is 9. The zero-order valence-corrected chi connectivity index (χ0v) is 12.9. The van der Waals surface area contributed by atoms with Gasteiger partial charge in [-0.1, -0.05) is 76.8 Å². The summed E-state index contributed by atoms with van der Waals surface area (Å²) in [5, 5.41) is 19.1. The molecule has 0 aliphatic heterocycles. The molecule has 20 heavy (non-hydrogen) atoms. The van der Waals surface area contributed by atoms with E-state index in [0.29, 0.717) is 0 Å². The number of para-hydroxylation sites is 1. The maximum atomic E-state index is 9.69. The van der Waals surface area contributed by atoms with Crippen molar-refractivity contribution in [3.8, 4) is 11.5 Å². The van der Waals surface area contributed by atoms with Crippen LogP contribution in [-0.4, -0.2) is 10.2 Å². The molecule has 0 amide bonds. The van der Waals surface area contributed by atoms with Crippen molar-refractivity contribution in [2.45, 2.75) is 77.6 Å². The summed E-state index contributed by atoms with van der Waals surface area (Å²) in [5.41, 5.74) is 0.865. The van der Waals surface area contributed by atoms with E-state index >= 15 is 0 Å². The van der Waals surface area contributed by atoms with Gasteiger partial charge in [-0.15, -0.1) is 0 Å². The predicted molar refractivity (Wildman–Crippen MR) is 85.3 cm³/mol. The zero-order valence-electron chi connectivity index (χ0n) is 12.9. The van der Waals surface area contributed by atoms with Gasteiger partial charge in [0.05, 0.1) is 0 Å². The van der Waals surface area contributed by atoms with E-state index in [1.54, 1.807) is 6.07 Å². The van der Waals surface area contributed by atoms with Crippen molar-refractivity contribution in [1.29, 1.82) is 0 Å². The maximum absolute atomic E-state index is 9.69. The summed E-state index contributed by atoms with van der Waals surface area (Å²) >= 11 is 0. The van der Waals surface area contributed by atoms with Crippen LogP contribution in [0, 0.1) is 0 Å². The van der Waals surface area contributed by atoms with Crippen LogP contribution in [-0.2, 0) is 6.42 Å². The van der Waals surface area contributed by atoms with Crippen LogP contribution < -0.4 is 0 Å². The Morgan fingerprint density at radius 1 is 0.750 bits per heavy atom. The van der Waals surface area contributed by atoms with Crippen molar-refractivity contribution in [3.05, 3.63) is 23.8 Å². The summed E-state index contributed by atoms with van der Waals surface area (Å²) < 4.78 is 0. The molecule has 1 aromatic rings. The van der Waals surface area contributed by atoms with Crippen molar-refractivity contribution in [1.82, 2.24) is 0 Å². The molecule has 0 saturated carbocycles. The summed E-state index contributed by atoms with van der Waals surface area (Å²) in [7, 11) is 0. The molecule has 1 rings (SSSR count). The minimum atomic E-state index is -0.00502. The van der Waals surface area contributed by atoms with E-state index in [4.69, 9.17) is 0 Å². The van der Waals surface area contributed by atoms with E-state index in [0.717, 1.165) is 18.4 Å². The van der Waals surface area contributed by atoms with Gasteiger partial charge in [-0.3, -0.25) is 0 Å². The number of hydrogen-bond donors (Lipinski definition) is 2. The second-order valence-electron chi connectivity index (χ2n) is 5.72. The molecule has 0 atom stereocenters. The number of phenols is 2. The first kappa shape index (κ1) is 16.9. The van der Waals surface area contributed by atoms with Crippen molar-refractivity contribution in [2.24, 2.45) is 0 Å². The van der Waals surface area contributed by atoms with Crippen LogP contribution >= 0.6 is 0 Å². The molecule has 0 heterocycles. The fourth-order valence-corrected chi connectivity index (χ4v) is 2.58. The fraction of sp³-hybridized carbons (Fsp3) is 0.667. The predicted octanol–water partition coefficient (Wildman–Crippen LogP) is 5.56. The molecular formula is C18H30O2. The van der Waals surface area contributed by atoms with Crippen LogP contribution in [0.3, 0.4) is 0 Å². The first-order chi connectivity index (χ1) is 9.75. The Labute approximate surface area is 123 Å². The van der Waals surface area contributed by atoms with E-state index in [1.807, 2.05) is 6.07 Å². The Balaban J connectivity index is 1.98. The summed E-state index contributed by atoms with van der Waals surface area (Å²) in [6.07, 6.45) is 14.0. The van der Waals surface area contributed by atoms with Crippen LogP contribution in [0.15, 0.2) is 18.2 Å². The van der Waals surface area contributed by atoms with E-state index in [1.165, 1.54) is 63.9 Å². The molecule has 0 spiro atoms. The van der Waals surface area contributed by atoms with Gasteiger partial charge in [0.15, 0.2) is 11.5 Å². The van der Waals surface area contributed by atoms with E-state index < -0.39 is 0 Å². The first-order valence-electron chi connectivity index (χ1n) is 8.25.